The van der Waals surface area contributed by atoms with Crippen molar-refractivity contribution >= 4 is 5.82 Å². The topological polar surface area (TPSA) is 38.9 Å². The van der Waals surface area contributed by atoms with Crippen LogP contribution in [0.2, 0.25) is 0 Å². The largest absolute Gasteiger partial charge is 0.384 e. The number of nitrogens with zero attached hydrogens (tertiary/aromatic N) is 1. The Hall–Kier alpha value is -1.26. The summed E-state index contributed by atoms with van der Waals surface area (Å²) in [7, 11) is 0. The highest BCUT2D eigenvalue weighted by atomic mass is 20.0. The van der Waals surface area contributed by atoms with Crippen LogP contribution in [0.1, 0.15) is 6.99 Å². The highest BCUT2D eigenvalue weighted by molar-refractivity contribution is 5.28. The molecule has 0 aliphatic heterocycles. The van der Waals surface area contributed by atoms with Crippen LogP contribution < -0.4 is 5.73 Å². The lowest BCUT2D eigenvalue weighted by Crippen LogP contribution is -1.89. The Morgan fingerprint density at radius 3 is 2.45 bits per heavy atom. The molecule has 64 valence electrons. The van der Waals surface area contributed by atoms with Crippen LogP contribution in [-0.4, -0.2) is 4.98 Å². The third kappa shape index (κ3) is 3.44. The first-order chi connectivity index (χ1) is 5.33. The molecule has 2 nitrogen and oxygen atoms in total. The van der Waals surface area contributed by atoms with Crippen LogP contribution in [0.4, 0.5) is 19.4 Å². The minimum atomic E-state index is -0.479. The van der Waals surface area contributed by atoms with E-state index in [9.17, 15) is 4.39 Å². The van der Waals surface area contributed by atoms with Crippen LogP contribution in [0.3, 0.4) is 0 Å². The van der Waals surface area contributed by atoms with Crippen molar-refractivity contribution in [3.8, 4) is 0 Å². The van der Waals surface area contributed by atoms with E-state index in [0.717, 1.165) is 0 Å². The van der Waals surface area contributed by atoms with E-state index >= 15 is 0 Å². The second-order valence-electron chi connectivity index (χ2n) is 1.72. The molecule has 0 aliphatic rings. The van der Waals surface area contributed by atoms with E-state index in [1.165, 1.54) is 6.20 Å². The Bertz CT molecular complexity index is 192. The lowest BCUT2D eigenvalue weighted by atomic mass is 10.3. The van der Waals surface area contributed by atoms with Gasteiger partial charge in [0.1, 0.15) is 12.5 Å². The molecule has 0 saturated heterocycles. The molecule has 0 amide bonds. The molecule has 0 atom stereocenters. The zero-order valence-corrected chi connectivity index (χ0v) is 5.60. The predicted octanol–water partition coefficient (Wildman–Crippen LogP) is 2.22. The van der Waals surface area contributed by atoms with Gasteiger partial charge in [-0.3, -0.25) is 0 Å². The minimum absolute atomic E-state index is 0. The number of pyridine rings is 1. The number of nitrogen functional groups attached to an aromatic ring is 1. The SMILES string of the molecule is FF.Nc1ccc(CF)cn1.[HH]. The zero-order valence-electron chi connectivity index (χ0n) is 5.60. The summed E-state index contributed by atoms with van der Waals surface area (Å²) in [6.07, 6.45) is 1.43. The van der Waals surface area contributed by atoms with Crippen LogP contribution in [0.5, 0.6) is 0 Å². The summed E-state index contributed by atoms with van der Waals surface area (Å²) in [5.74, 6) is 0.423. The molecule has 2 N–H and O–H groups in total. The molecule has 11 heavy (non-hydrogen) atoms. The lowest BCUT2D eigenvalue weighted by Gasteiger charge is -1.91. The molecule has 0 bridgehead atoms. The van der Waals surface area contributed by atoms with Crippen molar-refractivity contribution in [2.75, 3.05) is 5.73 Å². The van der Waals surface area contributed by atoms with Crippen molar-refractivity contribution in [3.05, 3.63) is 23.9 Å². The molecule has 1 aromatic rings. The van der Waals surface area contributed by atoms with Gasteiger partial charge in [0.2, 0.25) is 0 Å². The molecule has 1 rings (SSSR count). The standard InChI is InChI=1S/C6H7FN2.F2.H2/c7-3-5-1-2-6(8)9-4-5;1-2;/h1-2,4H,3H2,(H2,8,9);;1H. The number of alkyl halides is 1. The van der Waals surface area contributed by atoms with Gasteiger partial charge in [-0.05, 0) is 6.07 Å². The Labute approximate surface area is 63.2 Å². The van der Waals surface area contributed by atoms with Gasteiger partial charge in [0.25, 0.3) is 0 Å². The van der Waals surface area contributed by atoms with E-state index < -0.39 is 6.67 Å². The normalized spacial score (nSPS) is 8.27. The summed E-state index contributed by atoms with van der Waals surface area (Å²) in [6.45, 7) is -0.479. The van der Waals surface area contributed by atoms with Crippen LogP contribution in [-0.2, 0) is 6.67 Å². The summed E-state index contributed by atoms with van der Waals surface area (Å²) in [6, 6.07) is 3.19. The van der Waals surface area contributed by atoms with Gasteiger partial charge in [-0.1, -0.05) is 6.07 Å². The molecule has 0 spiro atoms. The number of halogens is 3. The molecular formula is C6H9F3N2. The van der Waals surface area contributed by atoms with Crippen LogP contribution in [0, 0.1) is 0 Å². The molecule has 0 radical (unpaired) electrons. The van der Waals surface area contributed by atoms with Crippen molar-refractivity contribution in [2.24, 2.45) is 0 Å². The summed E-state index contributed by atoms with van der Waals surface area (Å²) >= 11 is 0. The van der Waals surface area contributed by atoms with Gasteiger partial charge in [0.05, 0.1) is 0 Å². The Morgan fingerprint density at radius 1 is 1.45 bits per heavy atom. The summed E-state index contributed by atoms with van der Waals surface area (Å²) in [5.41, 5.74) is 5.81. The van der Waals surface area contributed by atoms with Crippen LogP contribution >= 0.6 is 0 Å². The monoisotopic (exact) mass is 166 g/mol. The average Bonchev–Trinajstić information content (AvgIpc) is 2.10. The minimum Gasteiger partial charge on any atom is -0.384 e. The van der Waals surface area contributed by atoms with E-state index in [2.05, 4.69) is 4.98 Å². The smallest absolute Gasteiger partial charge is 0.123 e. The molecular weight excluding hydrogens is 157 g/mol. The summed E-state index contributed by atoms with van der Waals surface area (Å²) in [4.78, 5) is 3.69. The van der Waals surface area contributed by atoms with Crippen molar-refractivity contribution in [3.63, 3.8) is 0 Å². The van der Waals surface area contributed by atoms with E-state index in [1.54, 1.807) is 12.1 Å². The molecule has 1 aromatic heterocycles. The quantitative estimate of drug-likeness (QED) is 0.694. The van der Waals surface area contributed by atoms with Gasteiger partial charge in [-0.25, -0.2) is 9.37 Å². The van der Waals surface area contributed by atoms with Gasteiger partial charge in [-0.2, -0.15) is 0 Å². The van der Waals surface area contributed by atoms with Crippen molar-refractivity contribution in [1.29, 1.82) is 0 Å². The van der Waals surface area contributed by atoms with Crippen LogP contribution in [0.15, 0.2) is 18.3 Å². The highest BCUT2D eigenvalue weighted by Crippen LogP contribution is 2.01. The molecule has 0 fully saturated rings. The third-order valence-electron chi connectivity index (χ3n) is 1.00. The molecule has 0 saturated carbocycles. The van der Waals surface area contributed by atoms with E-state index in [1.807, 2.05) is 0 Å². The zero-order chi connectivity index (χ0) is 8.69. The van der Waals surface area contributed by atoms with E-state index in [4.69, 9.17) is 14.9 Å². The van der Waals surface area contributed by atoms with Crippen molar-refractivity contribution in [2.45, 2.75) is 6.67 Å². The van der Waals surface area contributed by atoms with E-state index in [-0.39, 0.29) is 1.43 Å². The Morgan fingerprint density at radius 2 is 2.09 bits per heavy atom. The maximum absolute atomic E-state index is 11.8. The maximum atomic E-state index is 11.8. The van der Waals surface area contributed by atoms with Gasteiger partial charge in [0.15, 0.2) is 0 Å². The average molecular weight is 166 g/mol. The molecule has 0 aromatic carbocycles. The van der Waals surface area contributed by atoms with Crippen molar-refractivity contribution < 1.29 is 15.0 Å². The second kappa shape index (κ2) is 5.52. The summed E-state index contributed by atoms with van der Waals surface area (Å²) < 4.78 is 27.8. The number of hydrogen-bond acceptors (Lipinski definition) is 2. The molecule has 0 aliphatic carbocycles. The number of hydrogen-bond donors (Lipinski definition) is 1. The third-order valence-corrected chi connectivity index (χ3v) is 1.00. The van der Waals surface area contributed by atoms with Gasteiger partial charge < -0.3 is 5.73 Å². The number of rotatable bonds is 1. The molecule has 1 heterocycles. The molecule has 0 unspecified atom stereocenters. The maximum Gasteiger partial charge on any atom is 0.123 e. The van der Waals surface area contributed by atoms with Crippen LogP contribution in [0.25, 0.3) is 0 Å². The fourth-order valence-corrected chi connectivity index (χ4v) is 0.515. The predicted molar refractivity (Wildman–Crippen MR) is 37.8 cm³/mol. The fourth-order valence-electron chi connectivity index (χ4n) is 0.515. The Kier molecular flexibility index (Phi) is 4.89. The first kappa shape index (κ1) is 9.74. The first-order valence-electron chi connectivity index (χ1n) is 2.73. The number of anilines is 1. The lowest BCUT2D eigenvalue weighted by molar-refractivity contribution is 0.108. The van der Waals surface area contributed by atoms with Gasteiger partial charge in [0, 0.05) is 22.3 Å². The molecule has 5 heteroatoms. The van der Waals surface area contributed by atoms with Gasteiger partial charge >= 0.3 is 0 Å². The Balaban J connectivity index is 0. The van der Waals surface area contributed by atoms with E-state index in [0.29, 0.717) is 11.4 Å². The van der Waals surface area contributed by atoms with Gasteiger partial charge in [-0.15, -0.1) is 0 Å². The highest BCUT2D eigenvalue weighted by Gasteiger charge is 1.88. The number of nitrogens with two attached hydrogens (primary N) is 1. The first-order valence-corrected chi connectivity index (χ1v) is 2.73. The van der Waals surface area contributed by atoms with Crippen molar-refractivity contribution in [1.82, 2.24) is 4.98 Å². The fraction of sp³-hybridized carbons (Fsp3) is 0.167. The number of aromatic nitrogens is 1. The second-order valence-corrected chi connectivity index (χ2v) is 1.72. The summed E-state index contributed by atoms with van der Waals surface area (Å²) in [5, 5.41) is 0.